The van der Waals surface area contributed by atoms with Crippen molar-refractivity contribution in [3.8, 4) is 0 Å². The monoisotopic (exact) mass is 298 g/mol. The molecule has 0 saturated carbocycles. The number of carboxylic acids is 1. The van der Waals surface area contributed by atoms with E-state index < -0.39 is 11.9 Å². The van der Waals surface area contributed by atoms with Crippen LogP contribution < -0.4 is 0 Å². The zero-order valence-electron chi connectivity index (χ0n) is 9.14. The van der Waals surface area contributed by atoms with E-state index in [2.05, 4.69) is 20.7 Å². The minimum Gasteiger partial charge on any atom is -0.478 e. The van der Waals surface area contributed by atoms with Crippen molar-refractivity contribution in [3.05, 3.63) is 41.7 Å². The van der Waals surface area contributed by atoms with E-state index in [0.717, 1.165) is 11.8 Å². The predicted octanol–water partition coefficient (Wildman–Crippen LogP) is 2.57. The Labute approximate surface area is 107 Å². The van der Waals surface area contributed by atoms with Crippen LogP contribution in [-0.4, -0.2) is 17.0 Å². The van der Waals surface area contributed by atoms with E-state index in [4.69, 9.17) is 5.11 Å². The lowest BCUT2D eigenvalue weighted by Gasteiger charge is -2.07. The van der Waals surface area contributed by atoms with Crippen LogP contribution in [-0.2, 0) is 19.7 Å². The zero-order chi connectivity index (χ0) is 12.8. The van der Waals surface area contributed by atoms with Crippen LogP contribution in [0.5, 0.6) is 0 Å². The molecule has 5 heteroatoms. The van der Waals surface area contributed by atoms with Gasteiger partial charge in [-0.25, -0.2) is 4.79 Å². The average molecular weight is 299 g/mol. The first-order valence-electron chi connectivity index (χ1n) is 4.81. The SMILES string of the molecule is CC(=O)OC=C(C(=O)O)c1ccccc1CBr. The maximum absolute atomic E-state index is 11.1. The van der Waals surface area contributed by atoms with Crippen molar-refractivity contribution in [3.63, 3.8) is 0 Å². The van der Waals surface area contributed by atoms with Crippen molar-refractivity contribution in [2.24, 2.45) is 0 Å². The van der Waals surface area contributed by atoms with E-state index in [1.54, 1.807) is 18.2 Å². The molecule has 0 atom stereocenters. The highest BCUT2D eigenvalue weighted by atomic mass is 79.9. The van der Waals surface area contributed by atoms with Crippen LogP contribution in [0.2, 0.25) is 0 Å². The second kappa shape index (κ2) is 6.20. The fourth-order valence-corrected chi connectivity index (χ4v) is 1.76. The maximum atomic E-state index is 11.1. The lowest BCUT2D eigenvalue weighted by molar-refractivity contribution is -0.135. The van der Waals surface area contributed by atoms with Crippen molar-refractivity contribution in [2.45, 2.75) is 12.3 Å². The Balaban J connectivity index is 3.18. The van der Waals surface area contributed by atoms with E-state index in [1.807, 2.05) is 6.07 Å². The summed E-state index contributed by atoms with van der Waals surface area (Å²) < 4.78 is 4.62. The highest BCUT2D eigenvalue weighted by Crippen LogP contribution is 2.21. The van der Waals surface area contributed by atoms with Crippen LogP contribution in [0.25, 0.3) is 5.57 Å². The lowest BCUT2D eigenvalue weighted by atomic mass is 10.0. The molecule has 0 spiro atoms. The summed E-state index contributed by atoms with van der Waals surface area (Å²) >= 11 is 3.28. The molecule has 4 nitrogen and oxygen atoms in total. The fraction of sp³-hybridized carbons (Fsp3) is 0.167. The highest BCUT2D eigenvalue weighted by Gasteiger charge is 2.14. The number of benzene rings is 1. The number of ether oxygens (including phenoxy) is 1. The molecule has 0 bridgehead atoms. The Bertz CT molecular complexity index is 465. The quantitative estimate of drug-likeness (QED) is 0.402. The number of aliphatic carboxylic acids is 1. The Morgan fingerprint density at radius 2 is 2.06 bits per heavy atom. The third kappa shape index (κ3) is 3.71. The van der Waals surface area contributed by atoms with Gasteiger partial charge < -0.3 is 9.84 Å². The van der Waals surface area contributed by atoms with Gasteiger partial charge in [-0.15, -0.1) is 0 Å². The molecule has 0 aromatic heterocycles. The highest BCUT2D eigenvalue weighted by molar-refractivity contribution is 9.08. The molecule has 90 valence electrons. The van der Waals surface area contributed by atoms with E-state index in [9.17, 15) is 9.59 Å². The molecule has 0 aliphatic rings. The van der Waals surface area contributed by atoms with Gasteiger partial charge >= 0.3 is 11.9 Å². The maximum Gasteiger partial charge on any atom is 0.339 e. The molecule has 0 unspecified atom stereocenters. The van der Waals surface area contributed by atoms with Gasteiger partial charge in [-0.1, -0.05) is 40.2 Å². The number of carbonyl (C=O) groups is 2. The summed E-state index contributed by atoms with van der Waals surface area (Å²) in [6, 6.07) is 7.01. The van der Waals surface area contributed by atoms with Gasteiger partial charge in [0.2, 0.25) is 0 Å². The van der Waals surface area contributed by atoms with Crippen molar-refractivity contribution < 1.29 is 19.4 Å². The first-order valence-corrected chi connectivity index (χ1v) is 5.93. The van der Waals surface area contributed by atoms with Gasteiger partial charge in [-0.05, 0) is 11.1 Å². The van der Waals surface area contributed by atoms with Gasteiger partial charge in [-0.2, -0.15) is 0 Å². The Morgan fingerprint density at radius 3 is 2.59 bits per heavy atom. The minimum absolute atomic E-state index is 0.0461. The summed E-state index contributed by atoms with van der Waals surface area (Å²) in [4.78, 5) is 21.8. The number of carbonyl (C=O) groups excluding carboxylic acids is 1. The van der Waals surface area contributed by atoms with E-state index >= 15 is 0 Å². The van der Waals surface area contributed by atoms with Gasteiger partial charge in [0.25, 0.3) is 0 Å². The molecular weight excluding hydrogens is 288 g/mol. The molecule has 0 saturated heterocycles. The van der Waals surface area contributed by atoms with E-state index in [-0.39, 0.29) is 5.57 Å². The average Bonchev–Trinajstić information content (AvgIpc) is 2.29. The number of esters is 1. The van der Waals surface area contributed by atoms with Gasteiger partial charge in [0.1, 0.15) is 11.8 Å². The minimum atomic E-state index is -1.14. The van der Waals surface area contributed by atoms with Crippen LogP contribution in [0.4, 0.5) is 0 Å². The molecule has 1 aromatic rings. The Morgan fingerprint density at radius 1 is 1.41 bits per heavy atom. The number of halogens is 1. The predicted molar refractivity (Wildman–Crippen MR) is 66.5 cm³/mol. The smallest absolute Gasteiger partial charge is 0.339 e. The molecule has 1 rings (SSSR count). The fourth-order valence-electron chi connectivity index (χ4n) is 1.27. The number of rotatable bonds is 4. The summed E-state index contributed by atoms with van der Waals surface area (Å²) in [5.41, 5.74) is 1.29. The van der Waals surface area contributed by atoms with Gasteiger partial charge in [-0.3, -0.25) is 4.79 Å². The summed E-state index contributed by atoms with van der Waals surface area (Å²) in [5.74, 6) is -1.69. The summed E-state index contributed by atoms with van der Waals surface area (Å²) in [6.07, 6.45) is 0.964. The summed E-state index contributed by atoms with van der Waals surface area (Å²) in [7, 11) is 0. The van der Waals surface area contributed by atoms with Crippen LogP contribution >= 0.6 is 15.9 Å². The van der Waals surface area contributed by atoms with Crippen molar-refractivity contribution in [2.75, 3.05) is 0 Å². The standard InChI is InChI=1S/C12H11BrO4/c1-8(14)17-7-11(12(15)16)10-5-3-2-4-9(10)6-13/h2-5,7H,6H2,1H3,(H,15,16). The molecule has 0 aliphatic carbocycles. The molecule has 0 fully saturated rings. The van der Waals surface area contributed by atoms with Gasteiger partial charge in [0, 0.05) is 12.3 Å². The van der Waals surface area contributed by atoms with Crippen LogP contribution in [0.15, 0.2) is 30.5 Å². The molecule has 0 radical (unpaired) electrons. The summed E-state index contributed by atoms with van der Waals surface area (Å²) in [6.45, 7) is 1.21. The third-order valence-corrected chi connectivity index (χ3v) is 2.63. The van der Waals surface area contributed by atoms with Gasteiger partial charge in [0.05, 0.1) is 0 Å². The molecule has 0 aliphatic heterocycles. The number of hydrogen-bond donors (Lipinski definition) is 1. The van der Waals surface area contributed by atoms with Crippen LogP contribution in [0.3, 0.4) is 0 Å². The molecule has 1 aromatic carbocycles. The number of hydrogen-bond acceptors (Lipinski definition) is 3. The van der Waals surface area contributed by atoms with Crippen LogP contribution in [0, 0.1) is 0 Å². The molecule has 0 heterocycles. The van der Waals surface area contributed by atoms with Crippen molar-refractivity contribution >= 4 is 33.4 Å². The number of carboxylic acid groups (broad SMARTS) is 1. The largest absolute Gasteiger partial charge is 0.478 e. The third-order valence-electron chi connectivity index (χ3n) is 2.02. The molecule has 0 amide bonds. The Kier molecular flexibility index (Phi) is 4.90. The van der Waals surface area contributed by atoms with Crippen molar-refractivity contribution in [1.82, 2.24) is 0 Å². The van der Waals surface area contributed by atoms with Gasteiger partial charge in [0.15, 0.2) is 0 Å². The second-order valence-electron chi connectivity index (χ2n) is 3.24. The summed E-state index contributed by atoms with van der Waals surface area (Å²) in [5, 5.41) is 9.61. The molecular formula is C12H11BrO4. The van der Waals surface area contributed by atoms with Crippen LogP contribution in [0.1, 0.15) is 18.1 Å². The Hall–Kier alpha value is -1.62. The first-order chi connectivity index (χ1) is 8.06. The van der Waals surface area contributed by atoms with Crippen molar-refractivity contribution in [1.29, 1.82) is 0 Å². The lowest BCUT2D eigenvalue weighted by Crippen LogP contribution is -2.04. The van der Waals surface area contributed by atoms with E-state index in [0.29, 0.717) is 10.9 Å². The first kappa shape index (κ1) is 13.4. The normalized spacial score (nSPS) is 11.1. The number of alkyl halides is 1. The zero-order valence-corrected chi connectivity index (χ0v) is 10.7. The molecule has 17 heavy (non-hydrogen) atoms. The van der Waals surface area contributed by atoms with E-state index in [1.165, 1.54) is 6.92 Å². The second-order valence-corrected chi connectivity index (χ2v) is 3.80. The topological polar surface area (TPSA) is 63.6 Å². The molecule has 1 N–H and O–H groups in total.